The van der Waals surface area contributed by atoms with E-state index in [4.69, 9.17) is 9.47 Å². The molecule has 3 rings (SSSR count). The van der Waals surface area contributed by atoms with Gasteiger partial charge < -0.3 is 25.0 Å². The van der Waals surface area contributed by atoms with E-state index in [-0.39, 0.29) is 24.3 Å². The van der Waals surface area contributed by atoms with Crippen LogP contribution in [-0.4, -0.2) is 58.1 Å². The maximum atomic E-state index is 14.5. The summed E-state index contributed by atoms with van der Waals surface area (Å²) in [4.78, 5) is 57.1. The summed E-state index contributed by atoms with van der Waals surface area (Å²) in [6.07, 6.45) is 1.33. The zero-order chi connectivity index (χ0) is 34.4. The second-order valence-electron chi connectivity index (χ2n) is 14.9. The summed E-state index contributed by atoms with van der Waals surface area (Å²) in [5.41, 5.74) is 1.86. The molecule has 2 aromatic carbocycles. The average molecular weight is 636 g/mol. The Labute approximate surface area is 274 Å². The zero-order valence-electron chi connectivity index (χ0n) is 29.2. The number of hydrogen-bond acceptors (Lipinski definition) is 6. The maximum Gasteiger partial charge on any atom is 0.408 e. The van der Waals surface area contributed by atoms with Crippen LogP contribution >= 0.6 is 0 Å². The highest BCUT2D eigenvalue weighted by Gasteiger charge is 2.45. The van der Waals surface area contributed by atoms with Crippen molar-refractivity contribution in [1.29, 1.82) is 0 Å². The van der Waals surface area contributed by atoms with Crippen molar-refractivity contribution in [3.05, 3.63) is 70.8 Å². The molecule has 1 aliphatic carbocycles. The lowest BCUT2D eigenvalue weighted by Gasteiger charge is -2.36. The molecule has 0 aromatic heterocycles. The minimum atomic E-state index is -1.05. The Morgan fingerprint density at radius 1 is 0.826 bits per heavy atom. The predicted octanol–water partition coefficient (Wildman–Crippen LogP) is 6.34. The first-order valence-corrected chi connectivity index (χ1v) is 16.3. The highest BCUT2D eigenvalue weighted by molar-refractivity contribution is 5.94. The van der Waals surface area contributed by atoms with E-state index in [0.29, 0.717) is 12.0 Å². The standard InChI is InChI=1S/C37H53N3O6/c1-23(2)18-29(39-35(44)46-37(8,9)10)33(42)40(28-16-17-28)31(27-20-24(3)19-25(4)21-27)32(41)38-30(34(43)45-36(5,6)7)22-26-14-12-11-13-15-26/h11-15,19-21,23,28-31H,16-18,22H2,1-10H3,(H,38,41)(H,39,44). The molecule has 3 unspecified atom stereocenters. The lowest BCUT2D eigenvalue weighted by atomic mass is 9.96. The number of carbonyl (C=O) groups excluding carboxylic acids is 4. The molecule has 3 amide bonds. The molecular formula is C37H53N3O6. The van der Waals surface area contributed by atoms with Crippen LogP contribution in [0.5, 0.6) is 0 Å². The van der Waals surface area contributed by atoms with Crippen LogP contribution < -0.4 is 10.6 Å². The Bertz CT molecular complexity index is 1350. The van der Waals surface area contributed by atoms with Gasteiger partial charge in [-0.2, -0.15) is 0 Å². The van der Waals surface area contributed by atoms with Gasteiger partial charge in [-0.25, -0.2) is 9.59 Å². The lowest BCUT2D eigenvalue weighted by molar-refractivity contribution is -0.159. The summed E-state index contributed by atoms with van der Waals surface area (Å²) >= 11 is 0. The van der Waals surface area contributed by atoms with E-state index in [2.05, 4.69) is 10.6 Å². The summed E-state index contributed by atoms with van der Waals surface area (Å²) in [5, 5.41) is 5.77. The third kappa shape index (κ3) is 11.5. The summed E-state index contributed by atoms with van der Waals surface area (Å²) in [6, 6.07) is 12.1. The fourth-order valence-corrected chi connectivity index (χ4v) is 5.47. The van der Waals surface area contributed by atoms with Crippen LogP contribution in [0.2, 0.25) is 0 Å². The smallest absolute Gasteiger partial charge is 0.408 e. The van der Waals surface area contributed by atoms with Gasteiger partial charge in [-0.3, -0.25) is 9.59 Å². The molecule has 1 saturated carbocycles. The van der Waals surface area contributed by atoms with E-state index in [9.17, 15) is 19.2 Å². The van der Waals surface area contributed by atoms with Crippen molar-refractivity contribution in [1.82, 2.24) is 15.5 Å². The Morgan fingerprint density at radius 3 is 1.89 bits per heavy atom. The second-order valence-corrected chi connectivity index (χ2v) is 14.9. The molecule has 252 valence electrons. The third-order valence-corrected chi connectivity index (χ3v) is 7.27. The summed E-state index contributed by atoms with van der Waals surface area (Å²) in [6.45, 7) is 18.5. The molecule has 0 bridgehead atoms. The Balaban J connectivity index is 2.06. The van der Waals surface area contributed by atoms with Crippen LogP contribution in [0.1, 0.15) is 103 Å². The lowest BCUT2D eigenvalue weighted by Crippen LogP contribution is -2.55. The van der Waals surface area contributed by atoms with Gasteiger partial charge in [0, 0.05) is 12.5 Å². The van der Waals surface area contributed by atoms with E-state index >= 15 is 0 Å². The Morgan fingerprint density at radius 2 is 1.39 bits per heavy atom. The highest BCUT2D eigenvalue weighted by atomic mass is 16.6. The van der Waals surface area contributed by atoms with Crippen LogP contribution in [0.4, 0.5) is 4.79 Å². The van der Waals surface area contributed by atoms with Gasteiger partial charge in [0.15, 0.2) is 0 Å². The second kappa shape index (κ2) is 15.1. The van der Waals surface area contributed by atoms with Gasteiger partial charge in [-0.1, -0.05) is 73.5 Å². The monoisotopic (exact) mass is 635 g/mol. The molecule has 0 saturated heterocycles. The highest BCUT2D eigenvalue weighted by Crippen LogP contribution is 2.37. The van der Waals surface area contributed by atoms with Crippen LogP contribution in [-0.2, 0) is 30.3 Å². The Hall–Kier alpha value is -3.88. The van der Waals surface area contributed by atoms with E-state index in [1.54, 1.807) is 46.4 Å². The summed E-state index contributed by atoms with van der Waals surface area (Å²) in [5.74, 6) is -1.34. The molecule has 9 nitrogen and oxygen atoms in total. The Kier molecular flexibility index (Phi) is 12.0. The molecule has 0 radical (unpaired) electrons. The number of benzene rings is 2. The van der Waals surface area contributed by atoms with Crippen molar-refractivity contribution in [2.45, 2.75) is 130 Å². The number of alkyl carbamates (subject to hydrolysis) is 1. The number of aryl methyl sites for hydroxylation is 2. The van der Waals surface area contributed by atoms with Crippen molar-refractivity contribution < 1.29 is 28.7 Å². The molecule has 46 heavy (non-hydrogen) atoms. The van der Waals surface area contributed by atoms with Crippen molar-refractivity contribution in [3.8, 4) is 0 Å². The molecule has 0 heterocycles. The van der Waals surface area contributed by atoms with Crippen molar-refractivity contribution in [3.63, 3.8) is 0 Å². The topological polar surface area (TPSA) is 114 Å². The first-order valence-electron chi connectivity index (χ1n) is 16.3. The molecule has 0 aliphatic heterocycles. The van der Waals surface area contributed by atoms with Crippen LogP contribution in [0.25, 0.3) is 0 Å². The first kappa shape index (κ1) is 36.6. The average Bonchev–Trinajstić information content (AvgIpc) is 3.73. The van der Waals surface area contributed by atoms with E-state index < -0.39 is 47.3 Å². The molecule has 1 fully saturated rings. The van der Waals surface area contributed by atoms with Crippen molar-refractivity contribution in [2.24, 2.45) is 5.92 Å². The van der Waals surface area contributed by atoms with Crippen molar-refractivity contribution >= 4 is 23.9 Å². The number of esters is 1. The fraction of sp³-hybridized carbons (Fsp3) is 0.568. The molecule has 9 heteroatoms. The van der Waals surface area contributed by atoms with Crippen LogP contribution in [0.3, 0.4) is 0 Å². The van der Waals surface area contributed by atoms with Gasteiger partial charge in [0.05, 0.1) is 0 Å². The summed E-state index contributed by atoms with van der Waals surface area (Å²) in [7, 11) is 0. The molecule has 1 aliphatic rings. The number of amides is 3. The van der Waals surface area contributed by atoms with Gasteiger partial charge in [0.25, 0.3) is 0 Å². The first-order chi connectivity index (χ1) is 21.3. The number of hydrogen-bond donors (Lipinski definition) is 2. The van der Waals surface area contributed by atoms with E-state index in [1.165, 1.54) is 0 Å². The molecule has 0 spiro atoms. The zero-order valence-corrected chi connectivity index (χ0v) is 29.2. The van der Waals surface area contributed by atoms with Gasteiger partial charge in [-0.05, 0) is 91.7 Å². The minimum absolute atomic E-state index is 0.0702. The number of carbonyl (C=O) groups is 4. The van der Waals surface area contributed by atoms with Gasteiger partial charge in [0.1, 0.15) is 29.3 Å². The molecule has 2 N–H and O–H groups in total. The number of ether oxygens (including phenoxy) is 2. The summed E-state index contributed by atoms with van der Waals surface area (Å²) < 4.78 is 11.2. The predicted molar refractivity (Wildman–Crippen MR) is 179 cm³/mol. The van der Waals surface area contributed by atoms with E-state index in [1.807, 2.05) is 76.2 Å². The third-order valence-electron chi connectivity index (χ3n) is 7.27. The molecule has 2 aromatic rings. The van der Waals surface area contributed by atoms with Crippen LogP contribution in [0, 0.1) is 19.8 Å². The van der Waals surface area contributed by atoms with Gasteiger partial charge in [0.2, 0.25) is 11.8 Å². The van der Waals surface area contributed by atoms with Gasteiger partial charge in [-0.15, -0.1) is 0 Å². The van der Waals surface area contributed by atoms with Crippen molar-refractivity contribution in [2.75, 3.05) is 0 Å². The molecule has 3 atom stereocenters. The SMILES string of the molecule is Cc1cc(C)cc(C(C(=O)NC(Cc2ccccc2)C(=O)OC(C)(C)C)N(C(=O)C(CC(C)C)NC(=O)OC(C)(C)C)C2CC2)c1. The quantitative estimate of drug-likeness (QED) is 0.263. The van der Waals surface area contributed by atoms with E-state index in [0.717, 1.165) is 29.5 Å². The number of nitrogens with zero attached hydrogens (tertiary/aromatic N) is 1. The molecular weight excluding hydrogens is 582 g/mol. The fourth-order valence-electron chi connectivity index (χ4n) is 5.47. The normalized spacial score (nSPS) is 15.4. The largest absolute Gasteiger partial charge is 0.458 e. The maximum absolute atomic E-state index is 14.5. The number of rotatable bonds is 12. The van der Waals surface area contributed by atoms with Gasteiger partial charge >= 0.3 is 12.1 Å². The number of nitrogens with one attached hydrogen (secondary N) is 2. The van der Waals surface area contributed by atoms with Crippen LogP contribution in [0.15, 0.2) is 48.5 Å². The minimum Gasteiger partial charge on any atom is -0.458 e.